The van der Waals surface area contributed by atoms with Crippen molar-refractivity contribution >= 4 is 5.95 Å². The minimum Gasteiger partial charge on any atom is -0.467 e. The van der Waals surface area contributed by atoms with Crippen LogP contribution in [0.25, 0.3) is 0 Å². The molecule has 3 aromatic rings. The maximum absolute atomic E-state index is 13.8. The molecule has 1 aliphatic heterocycles. The smallest absolute Gasteiger partial charge is 0.225 e. The topological polar surface area (TPSA) is 65.5 Å². The molecular formula is C20H17F2N3O3. The van der Waals surface area contributed by atoms with Crippen LogP contribution in [0.1, 0.15) is 11.1 Å². The molecule has 0 aliphatic carbocycles. The predicted molar refractivity (Wildman–Crippen MR) is 97.4 cm³/mol. The Hall–Kier alpha value is -3.26. The van der Waals surface area contributed by atoms with Gasteiger partial charge in [0, 0.05) is 24.4 Å². The zero-order chi connectivity index (χ0) is 19.3. The van der Waals surface area contributed by atoms with Crippen molar-refractivity contribution in [3.63, 3.8) is 0 Å². The fourth-order valence-corrected chi connectivity index (χ4v) is 2.86. The molecule has 1 N–H and O–H groups in total. The first-order chi connectivity index (χ1) is 13.7. The van der Waals surface area contributed by atoms with Gasteiger partial charge in [-0.15, -0.1) is 0 Å². The normalized spacial score (nSPS) is 12.8. The highest BCUT2D eigenvalue weighted by Gasteiger charge is 2.16. The van der Waals surface area contributed by atoms with Gasteiger partial charge in [-0.25, -0.2) is 13.8 Å². The third kappa shape index (κ3) is 4.34. The molecule has 0 atom stereocenters. The molecule has 0 fully saturated rings. The summed E-state index contributed by atoms with van der Waals surface area (Å²) in [5.41, 5.74) is 1.46. The predicted octanol–water partition coefficient (Wildman–Crippen LogP) is 4.07. The van der Waals surface area contributed by atoms with E-state index in [-0.39, 0.29) is 18.4 Å². The van der Waals surface area contributed by atoms with Crippen molar-refractivity contribution < 1.29 is 23.0 Å². The molecule has 144 valence electrons. The van der Waals surface area contributed by atoms with E-state index in [1.807, 2.05) is 0 Å². The molecule has 0 spiro atoms. The van der Waals surface area contributed by atoms with Crippen LogP contribution in [0.15, 0.2) is 48.7 Å². The van der Waals surface area contributed by atoms with Gasteiger partial charge >= 0.3 is 0 Å². The molecule has 4 rings (SSSR count). The number of ether oxygens (including phenoxy) is 3. The lowest BCUT2D eigenvalue weighted by Crippen LogP contribution is -2.15. The Morgan fingerprint density at radius 2 is 1.93 bits per heavy atom. The number of aromatic nitrogens is 2. The highest BCUT2D eigenvalue weighted by molar-refractivity contribution is 5.43. The van der Waals surface area contributed by atoms with Gasteiger partial charge in [-0.05, 0) is 48.4 Å². The lowest BCUT2D eigenvalue weighted by atomic mass is 10.1. The van der Waals surface area contributed by atoms with E-state index >= 15 is 0 Å². The highest BCUT2D eigenvalue weighted by Crippen LogP contribution is 2.29. The van der Waals surface area contributed by atoms with E-state index in [9.17, 15) is 8.78 Å². The number of rotatable bonds is 6. The minimum absolute atomic E-state index is 0.158. The number of halogens is 2. The Kier molecular flexibility index (Phi) is 5.29. The first-order valence-electron chi connectivity index (χ1n) is 8.69. The second kappa shape index (κ2) is 8.18. The summed E-state index contributed by atoms with van der Waals surface area (Å²) in [7, 11) is 0. The zero-order valence-electron chi connectivity index (χ0n) is 14.8. The van der Waals surface area contributed by atoms with Crippen LogP contribution in [0.3, 0.4) is 0 Å². The van der Waals surface area contributed by atoms with E-state index in [0.29, 0.717) is 48.5 Å². The molecule has 0 unspecified atom stereocenters. The van der Waals surface area contributed by atoms with Gasteiger partial charge in [0.2, 0.25) is 11.8 Å². The van der Waals surface area contributed by atoms with Gasteiger partial charge in [-0.3, -0.25) is 0 Å². The van der Waals surface area contributed by atoms with E-state index < -0.39 is 0 Å². The van der Waals surface area contributed by atoms with Crippen molar-refractivity contribution in [2.45, 2.75) is 13.0 Å². The second-order valence-corrected chi connectivity index (χ2v) is 6.12. The van der Waals surface area contributed by atoms with Crippen LogP contribution in [0.4, 0.5) is 14.7 Å². The molecular weight excluding hydrogens is 368 g/mol. The summed E-state index contributed by atoms with van der Waals surface area (Å²) >= 11 is 0. The van der Waals surface area contributed by atoms with E-state index in [1.165, 1.54) is 36.4 Å². The lowest BCUT2D eigenvalue weighted by molar-refractivity contribution is -0.0172. The highest BCUT2D eigenvalue weighted by atomic mass is 19.1. The summed E-state index contributed by atoms with van der Waals surface area (Å²) in [5.74, 6) is 1.17. The van der Waals surface area contributed by atoms with Gasteiger partial charge in [-0.1, -0.05) is 0 Å². The summed E-state index contributed by atoms with van der Waals surface area (Å²) in [6.07, 6.45) is 2.07. The monoisotopic (exact) mass is 385 g/mol. The van der Waals surface area contributed by atoms with Gasteiger partial charge in [0.25, 0.3) is 0 Å². The second-order valence-electron chi connectivity index (χ2n) is 6.12. The summed E-state index contributed by atoms with van der Waals surface area (Å²) in [5, 5.41) is 3.08. The van der Waals surface area contributed by atoms with E-state index in [2.05, 4.69) is 15.3 Å². The fourth-order valence-electron chi connectivity index (χ4n) is 2.86. The van der Waals surface area contributed by atoms with E-state index in [0.717, 1.165) is 5.56 Å². The largest absolute Gasteiger partial charge is 0.467 e. The first kappa shape index (κ1) is 18.1. The Morgan fingerprint density at radius 3 is 2.79 bits per heavy atom. The third-order valence-corrected chi connectivity index (χ3v) is 4.10. The third-order valence-electron chi connectivity index (χ3n) is 4.10. The lowest BCUT2D eigenvalue weighted by Gasteiger charge is -2.21. The molecule has 1 aromatic heterocycles. The average Bonchev–Trinajstić information content (AvgIpc) is 2.70. The van der Waals surface area contributed by atoms with Crippen LogP contribution in [0.5, 0.6) is 17.4 Å². The quantitative estimate of drug-likeness (QED) is 0.690. The summed E-state index contributed by atoms with van der Waals surface area (Å²) in [6.45, 7) is 0.963. The van der Waals surface area contributed by atoms with Crippen molar-refractivity contribution in [2.24, 2.45) is 0 Å². The number of hydrogen-bond donors (Lipinski definition) is 1. The van der Waals surface area contributed by atoms with Crippen molar-refractivity contribution in [1.82, 2.24) is 9.97 Å². The molecule has 1 aliphatic rings. The van der Waals surface area contributed by atoms with E-state index in [1.54, 1.807) is 12.3 Å². The molecule has 0 amide bonds. The van der Waals surface area contributed by atoms with E-state index in [4.69, 9.17) is 14.2 Å². The number of nitrogens with zero attached hydrogens (tertiary/aromatic N) is 2. The zero-order valence-corrected chi connectivity index (χ0v) is 14.8. The Labute approximate surface area is 160 Å². The number of anilines is 1. The molecule has 8 heteroatoms. The van der Waals surface area contributed by atoms with Crippen molar-refractivity contribution in [3.8, 4) is 17.4 Å². The summed E-state index contributed by atoms with van der Waals surface area (Å²) < 4.78 is 43.1. The molecule has 0 radical (unpaired) electrons. The molecule has 0 bridgehead atoms. The van der Waals surface area contributed by atoms with Crippen LogP contribution in [-0.2, 0) is 17.8 Å². The molecule has 0 saturated carbocycles. The maximum Gasteiger partial charge on any atom is 0.225 e. The minimum atomic E-state index is -0.340. The van der Waals surface area contributed by atoms with Gasteiger partial charge in [0.1, 0.15) is 23.1 Å². The molecule has 0 saturated heterocycles. The van der Waals surface area contributed by atoms with Crippen LogP contribution < -0.4 is 14.8 Å². The Morgan fingerprint density at radius 1 is 1.07 bits per heavy atom. The Balaban J connectivity index is 1.39. The first-order valence-corrected chi connectivity index (χ1v) is 8.69. The van der Waals surface area contributed by atoms with Gasteiger partial charge in [0.15, 0.2) is 6.79 Å². The summed E-state index contributed by atoms with van der Waals surface area (Å²) in [6, 6.07) is 10.1. The Bertz CT molecular complexity index is 967. The SMILES string of the molecule is Fc1ccc(Oc2ccnc(NCCc3cc(F)cc4c3OCOC4)n2)cc1. The number of nitrogens with one attached hydrogen (secondary N) is 1. The van der Waals surface area contributed by atoms with Crippen molar-refractivity contribution in [1.29, 1.82) is 0 Å². The molecule has 2 aromatic carbocycles. The van der Waals surface area contributed by atoms with Crippen molar-refractivity contribution in [2.75, 3.05) is 18.7 Å². The number of fused-ring (bicyclic) bond motifs is 1. The van der Waals surface area contributed by atoms with Crippen LogP contribution in [0, 0.1) is 11.6 Å². The number of benzene rings is 2. The fraction of sp³-hybridized carbons (Fsp3) is 0.200. The number of hydrogen-bond acceptors (Lipinski definition) is 6. The van der Waals surface area contributed by atoms with Crippen LogP contribution >= 0.6 is 0 Å². The van der Waals surface area contributed by atoms with Crippen LogP contribution in [-0.4, -0.2) is 23.3 Å². The summed E-state index contributed by atoms with van der Waals surface area (Å²) in [4.78, 5) is 8.41. The molecule has 2 heterocycles. The van der Waals surface area contributed by atoms with Gasteiger partial charge < -0.3 is 19.5 Å². The standard InChI is InChI=1S/C20H17F2N3O3/c21-15-1-3-17(4-2-15)28-18-6-8-24-20(25-18)23-7-5-13-9-16(22)10-14-11-26-12-27-19(13)14/h1-4,6,8-10H,5,7,11-12H2,(H,23,24,25). The van der Waals surface area contributed by atoms with Gasteiger partial charge in [0.05, 0.1) is 6.61 Å². The molecule has 6 nitrogen and oxygen atoms in total. The van der Waals surface area contributed by atoms with Crippen LogP contribution in [0.2, 0.25) is 0 Å². The van der Waals surface area contributed by atoms with Gasteiger partial charge in [-0.2, -0.15) is 4.98 Å². The molecule has 28 heavy (non-hydrogen) atoms. The maximum atomic E-state index is 13.8. The van der Waals surface area contributed by atoms with Crippen molar-refractivity contribution in [3.05, 3.63) is 71.4 Å². The average molecular weight is 385 g/mol.